The smallest absolute Gasteiger partial charge is 0.255 e. The number of nitrogens with zero attached hydrogens (tertiary/aromatic N) is 2. The van der Waals surface area contributed by atoms with Crippen molar-refractivity contribution in [3.8, 4) is 0 Å². The third-order valence-corrected chi connectivity index (χ3v) is 5.64. The second kappa shape index (κ2) is 8.70. The first-order valence-electron chi connectivity index (χ1n) is 8.83. The van der Waals surface area contributed by atoms with Crippen molar-refractivity contribution in [1.29, 1.82) is 0 Å². The first kappa shape index (κ1) is 21.8. The van der Waals surface area contributed by atoms with E-state index in [1.165, 1.54) is 28.8 Å². The monoisotopic (exact) mass is 407 g/mol. The van der Waals surface area contributed by atoms with Crippen LogP contribution in [0.25, 0.3) is 0 Å². The lowest BCUT2D eigenvalue weighted by Crippen LogP contribution is -2.36. The van der Waals surface area contributed by atoms with Gasteiger partial charge in [0.25, 0.3) is 5.91 Å². The molecule has 1 amide bonds. The summed E-state index contributed by atoms with van der Waals surface area (Å²) in [7, 11) is 0.327. The highest BCUT2D eigenvalue weighted by Crippen LogP contribution is 2.26. The van der Waals surface area contributed by atoms with Crippen molar-refractivity contribution in [1.82, 2.24) is 4.31 Å². The molecule has 0 fully saturated rings. The zero-order chi connectivity index (χ0) is 21.1. The Bertz CT molecular complexity index is 959. The summed E-state index contributed by atoms with van der Waals surface area (Å²) in [6.45, 7) is 3.80. The third kappa shape index (κ3) is 5.53. The lowest BCUT2D eigenvalue weighted by Gasteiger charge is -2.27. The Morgan fingerprint density at radius 2 is 1.82 bits per heavy atom. The summed E-state index contributed by atoms with van der Waals surface area (Å²) in [5, 5.41) is 2.74. The lowest BCUT2D eigenvalue weighted by molar-refractivity contribution is 0.102. The number of benzene rings is 2. The highest BCUT2D eigenvalue weighted by Gasteiger charge is 2.22. The van der Waals surface area contributed by atoms with Crippen LogP contribution in [0.1, 0.15) is 29.8 Å². The quantitative estimate of drug-likeness (QED) is 0.765. The maximum absolute atomic E-state index is 13.4. The fourth-order valence-corrected chi connectivity index (χ4v) is 4.05. The van der Waals surface area contributed by atoms with Crippen molar-refractivity contribution >= 4 is 27.3 Å². The van der Waals surface area contributed by atoms with Crippen molar-refractivity contribution in [2.45, 2.75) is 26.4 Å². The van der Waals surface area contributed by atoms with Gasteiger partial charge in [0.2, 0.25) is 10.0 Å². The number of hydrogen-bond acceptors (Lipinski definition) is 4. The van der Waals surface area contributed by atoms with E-state index in [1.807, 2.05) is 38.9 Å². The summed E-state index contributed by atoms with van der Waals surface area (Å²) in [5.41, 5.74) is 2.31. The molecular formula is C20H26FN3O3S. The number of rotatable bonds is 7. The molecule has 0 saturated heterocycles. The molecule has 0 saturated carbocycles. The largest absolute Gasteiger partial charge is 0.377 e. The number of carbonyl (C=O) groups is 1. The SMILES string of the molecule is CC(C)N(Cc1cc(NC(=O)c2cccc(F)c2)ccc1N(C)C)S(C)(=O)=O. The van der Waals surface area contributed by atoms with E-state index in [9.17, 15) is 17.6 Å². The summed E-state index contributed by atoms with van der Waals surface area (Å²) in [6, 6.07) is 10.5. The van der Waals surface area contributed by atoms with E-state index in [0.717, 1.165) is 17.3 Å². The van der Waals surface area contributed by atoms with Gasteiger partial charge in [-0.1, -0.05) is 6.07 Å². The van der Waals surface area contributed by atoms with Crippen molar-refractivity contribution in [2.75, 3.05) is 30.6 Å². The molecule has 1 N–H and O–H groups in total. The highest BCUT2D eigenvalue weighted by atomic mass is 32.2. The van der Waals surface area contributed by atoms with Crippen LogP contribution in [0.4, 0.5) is 15.8 Å². The molecule has 6 nitrogen and oxygen atoms in total. The van der Waals surface area contributed by atoms with Gasteiger partial charge < -0.3 is 10.2 Å². The molecule has 0 unspecified atom stereocenters. The Kier molecular flexibility index (Phi) is 6.79. The predicted octanol–water partition coefficient (Wildman–Crippen LogP) is 3.31. The molecule has 0 atom stereocenters. The summed E-state index contributed by atoms with van der Waals surface area (Å²) in [5.74, 6) is -0.927. The number of carbonyl (C=O) groups excluding carboxylic acids is 1. The van der Waals surface area contributed by atoms with Gasteiger partial charge in [0.1, 0.15) is 5.82 Å². The molecule has 0 aliphatic rings. The van der Waals surface area contributed by atoms with Gasteiger partial charge >= 0.3 is 0 Å². The Labute approximate surface area is 166 Å². The van der Waals surface area contributed by atoms with Gasteiger partial charge in [0.15, 0.2) is 0 Å². The minimum atomic E-state index is -3.40. The third-order valence-electron chi connectivity index (χ3n) is 4.23. The molecule has 0 aliphatic carbocycles. The van der Waals surface area contributed by atoms with Crippen molar-refractivity contribution in [3.05, 3.63) is 59.4 Å². The highest BCUT2D eigenvalue weighted by molar-refractivity contribution is 7.88. The van der Waals surface area contributed by atoms with Gasteiger partial charge in [-0.15, -0.1) is 0 Å². The first-order valence-corrected chi connectivity index (χ1v) is 10.7. The Morgan fingerprint density at radius 1 is 1.14 bits per heavy atom. The average molecular weight is 408 g/mol. The number of amides is 1. The Morgan fingerprint density at radius 3 is 2.36 bits per heavy atom. The van der Waals surface area contributed by atoms with Crippen LogP contribution >= 0.6 is 0 Å². The van der Waals surface area contributed by atoms with Gasteiger partial charge in [-0.2, -0.15) is 4.31 Å². The summed E-state index contributed by atoms with van der Waals surface area (Å²) < 4.78 is 39.0. The Hall–Kier alpha value is -2.45. The fraction of sp³-hybridized carbons (Fsp3) is 0.350. The zero-order valence-electron chi connectivity index (χ0n) is 16.7. The maximum Gasteiger partial charge on any atom is 0.255 e. The summed E-state index contributed by atoms with van der Waals surface area (Å²) in [4.78, 5) is 14.3. The number of halogens is 1. The van der Waals surface area contributed by atoms with E-state index >= 15 is 0 Å². The number of sulfonamides is 1. The number of hydrogen-bond donors (Lipinski definition) is 1. The second-order valence-corrected chi connectivity index (χ2v) is 9.04. The van der Waals surface area contributed by atoms with Gasteiger partial charge in [-0.05, 0) is 55.8 Å². The minimum Gasteiger partial charge on any atom is -0.377 e. The molecule has 28 heavy (non-hydrogen) atoms. The van der Waals surface area contributed by atoms with Crippen LogP contribution in [0.5, 0.6) is 0 Å². The van der Waals surface area contributed by atoms with Crippen LogP contribution in [-0.4, -0.2) is 45.0 Å². The van der Waals surface area contributed by atoms with Crippen LogP contribution in [0.15, 0.2) is 42.5 Å². The van der Waals surface area contributed by atoms with E-state index in [-0.39, 0.29) is 18.2 Å². The standard InChI is InChI=1S/C20H26FN3O3S/c1-14(2)24(28(5,26)27)13-16-12-18(9-10-19(16)23(3)4)22-20(25)15-7-6-8-17(21)11-15/h6-12,14H,13H2,1-5H3,(H,22,25). The molecule has 2 aromatic carbocycles. The van der Waals surface area contributed by atoms with Crippen LogP contribution in [0.3, 0.4) is 0 Å². The molecule has 152 valence electrons. The molecule has 0 bridgehead atoms. The molecule has 0 radical (unpaired) electrons. The molecule has 8 heteroatoms. The van der Waals surface area contributed by atoms with Gasteiger partial charge in [0.05, 0.1) is 6.26 Å². The van der Waals surface area contributed by atoms with Crippen molar-refractivity contribution < 1.29 is 17.6 Å². The van der Waals surface area contributed by atoms with Crippen LogP contribution in [0, 0.1) is 5.82 Å². The van der Waals surface area contributed by atoms with Crippen LogP contribution < -0.4 is 10.2 Å². The van der Waals surface area contributed by atoms with Crippen molar-refractivity contribution in [2.24, 2.45) is 0 Å². The second-order valence-electron chi connectivity index (χ2n) is 7.10. The fourth-order valence-electron chi connectivity index (χ4n) is 2.91. The number of anilines is 2. The average Bonchev–Trinajstić information content (AvgIpc) is 2.58. The maximum atomic E-state index is 13.4. The van der Waals surface area contributed by atoms with Crippen LogP contribution in [0.2, 0.25) is 0 Å². The van der Waals surface area contributed by atoms with E-state index in [4.69, 9.17) is 0 Å². The Balaban J connectivity index is 2.36. The molecule has 2 rings (SSSR count). The topological polar surface area (TPSA) is 69.7 Å². The lowest BCUT2D eigenvalue weighted by atomic mass is 10.1. The van der Waals surface area contributed by atoms with E-state index in [0.29, 0.717) is 5.69 Å². The molecule has 0 heterocycles. The zero-order valence-corrected chi connectivity index (χ0v) is 17.5. The first-order chi connectivity index (χ1) is 13.0. The molecular weight excluding hydrogens is 381 g/mol. The molecule has 0 spiro atoms. The number of nitrogens with one attached hydrogen (secondary N) is 1. The minimum absolute atomic E-state index is 0.174. The van der Waals surface area contributed by atoms with Crippen LogP contribution in [-0.2, 0) is 16.6 Å². The normalized spacial score (nSPS) is 11.7. The van der Waals surface area contributed by atoms with E-state index < -0.39 is 21.7 Å². The summed E-state index contributed by atoms with van der Waals surface area (Å²) >= 11 is 0. The molecule has 0 aliphatic heterocycles. The molecule has 0 aromatic heterocycles. The van der Waals surface area contributed by atoms with E-state index in [1.54, 1.807) is 12.1 Å². The van der Waals surface area contributed by atoms with Gasteiger partial charge in [0, 0.05) is 43.6 Å². The summed E-state index contributed by atoms with van der Waals surface area (Å²) in [6.07, 6.45) is 1.18. The van der Waals surface area contributed by atoms with Gasteiger partial charge in [-0.3, -0.25) is 4.79 Å². The molecule has 2 aromatic rings. The van der Waals surface area contributed by atoms with Crippen molar-refractivity contribution in [3.63, 3.8) is 0 Å². The van der Waals surface area contributed by atoms with Gasteiger partial charge in [-0.25, -0.2) is 12.8 Å². The predicted molar refractivity (Wildman–Crippen MR) is 111 cm³/mol. The van der Waals surface area contributed by atoms with E-state index in [2.05, 4.69) is 5.32 Å².